The lowest BCUT2D eigenvalue weighted by Gasteiger charge is -2.33. The molecule has 118 valence electrons. The van der Waals surface area contributed by atoms with Crippen LogP contribution < -0.4 is 9.80 Å². The highest BCUT2D eigenvalue weighted by atomic mass is 16.4. The molecule has 0 saturated carbocycles. The van der Waals surface area contributed by atoms with Gasteiger partial charge >= 0.3 is 5.97 Å². The largest absolute Gasteiger partial charge is 0.480 e. The van der Waals surface area contributed by atoms with Gasteiger partial charge in [-0.05, 0) is 12.8 Å². The third-order valence-electron chi connectivity index (χ3n) is 4.25. The van der Waals surface area contributed by atoms with E-state index in [2.05, 4.69) is 9.97 Å². The van der Waals surface area contributed by atoms with Gasteiger partial charge in [0.25, 0.3) is 0 Å². The summed E-state index contributed by atoms with van der Waals surface area (Å²) < 4.78 is 0. The number of aliphatic carboxylic acids is 1. The zero-order valence-corrected chi connectivity index (χ0v) is 12.5. The molecule has 0 aliphatic carbocycles. The minimum Gasteiger partial charge on any atom is -0.480 e. The molecule has 0 bridgehead atoms. The summed E-state index contributed by atoms with van der Waals surface area (Å²) in [5.41, 5.74) is 0. The Kier molecular flexibility index (Phi) is 3.82. The van der Waals surface area contributed by atoms with E-state index in [0.717, 1.165) is 6.42 Å². The zero-order valence-electron chi connectivity index (χ0n) is 12.5. The number of hydrogen-bond donors (Lipinski definition) is 1. The van der Waals surface area contributed by atoms with Crippen LogP contribution in [0, 0.1) is 0 Å². The monoisotopic (exact) mass is 305 g/mol. The van der Waals surface area contributed by atoms with Crippen molar-refractivity contribution in [1.29, 1.82) is 0 Å². The lowest BCUT2D eigenvalue weighted by atomic mass is 10.2. The first-order valence-electron chi connectivity index (χ1n) is 7.36. The molecule has 1 aromatic rings. The number of hydrogen-bond acceptors (Lipinski definition) is 6. The number of amides is 1. The highest BCUT2D eigenvalue weighted by molar-refractivity contribution is 5.82. The Hall–Kier alpha value is -2.38. The van der Waals surface area contributed by atoms with Gasteiger partial charge in [-0.25, -0.2) is 14.8 Å². The molecule has 2 fully saturated rings. The predicted octanol–water partition coefficient (Wildman–Crippen LogP) is -0.192. The van der Waals surface area contributed by atoms with Crippen LogP contribution in [0.3, 0.4) is 0 Å². The Balaban J connectivity index is 1.81. The Morgan fingerprint density at radius 2 is 2.05 bits per heavy atom. The van der Waals surface area contributed by atoms with Crippen LogP contribution >= 0.6 is 0 Å². The highest BCUT2D eigenvalue weighted by Crippen LogP contribution is 2.26. The first-order valence-corrected chi connectivity index (χ1v) is 7.36. The molecule has 0 spiro atoms. The van der Waals surface area contributed by atoms with Crippen molar-refractivity contribution in [2.75, 3.05) is 43.0 Å². The summed E-state index contributed by atoms with van der Waals surface area (Å²) in [6.45, 7) is 2.32. The van der Waals surface area contributed by atoms with E-state index in [0.29, 0.717) is 37.7 Å². The molecule has 3 rings (SSSR count). The number of anilines is 2. The van der Waals surface area contributed by atoms with Gasteiger partial charge in [0.05, 0.1) is 6.54 Å². The molecule has 8 heteroatoms. The van der Waals surface area contributed by atoms with Crippen LogP contribution in [0.5, 0.6) is 0 Å². The average molecular weight is 305 g/mol. The Morgan fingerprint density at radius 1 is 1.27 bits per heavy atom. The fourth-order valence-corrected chi connectivity index (χ4v) is 2.92. The van der Waals surface area contributed by atoms with Crippen molar-refractivity contribution in [3.05, 3.63) is 12.4 Å². The molecule has 0 radical (unpaired) electrons. The molecule has 2 saturated heterocycles. The van der Waals surface area contributed by atoms with Gasteiger partial charge in [-0.3, -0.25) is 4.79 Å². The number of rotatable bonds is 3. The summed E-state index contributed by atoms with van der Waals surface area (Å²) in [6.07, 6.45) is 2.90. The smallest absolute Gasteiger partial charge is 0.326 e. The lowest BCUT2D eigenvalue weighted by molar-refractivity contribution is -0.138. The van der Waals surface area contributed by atoms with Crippen LogP contribution in [0.25, 0.3) is 0 Å². The van der Waals surface area contributed by atoms with Crippen LogP contribution in [-0.4, -0.2) is 71.1 Å². The van der Waals surface area contributed by atoms with Crippen LogP contribution in [0.1, 0.15) is 12.8 Å². The van der Waals surface area contributed by atoms with Crippen molar-refractivity contribution in [2.24, 2.45) is 0 Å². The van der Waals surface area contributed by atoms with Crippen molar-refractivity contribution in [2.45, 2.75) is 18.9 Å². The third-order valence-corrected chi connectivity index (χ3v) is 4.25. The van der Waals surface area contributed by atoms with E-state index in [1.807, 2.05) is 4.90 Å². The number of piperazine rings is 1. The molecule has 8 nitrogen and oxygen atoms in total. The molecule has 1 aromatic heterocycles. The van der Waals surface area contributed by atoms with Gasteiger partial charge in [0.2, 0.25) is 5.91 Å². The van der Waals surface area contributed by atoms with Crippen molar-refractivity contribution in [3.63, 3.8) is 0 Å². The maximum absolute atomic E-state index is 11.8. The third kappa shape index (κ3) is 2.68. The van der Waals surface area contributed by atoms with Gasteiger partial charge < -0.3 is 19.8 Å². The maximum atomic E-state index is 11.8. The fraction of sp³-hybridized carbons (Fsp3) is 0.571. The molecule has 0 aromatic carbocycles. The SMILES string of the molecule is CN1CCN(c2cc(N3CCC[C@@H]3C(=O)O)ncn2)CC1=O. The number of nitrogens with zero attached hydrogens (tertiary/aromatic N) is 5. The fourth-order valence-electron chi connectivity index (χ4n) is 2.92. The first-order chi connectivity index (χ1) is 10.6. The summed E-state index contributed by atoms with van der Waals surface area (Å²) in [4.78, 5) is 37.0. The summed E-state index contributed by atoms with van der Waals surface area (Å²) in [6, 6.07) is 1.25. The van der Waals surface area contributed by atoms with Crippen LogP contribution in [0.15, 0.2) is 12.4 Å². The number of carbonyl (C=O) groups excluding carboxylic acids is 1. The number of carboxylic acid groups (broad SMARTS) is 1. The van der Waals surface area contributed by atoms with Gasteiger partial charge in [-0.1, -0.05) is 0 Å². The van der Waals surface area contributed by atoms with Gasteiger partial charge in [0.15, 0.2) is 0 Å². The molecule has 0 unspecified atom stereocenters. The van der Waals surface area contributed by atoms with Gasteiger partial charge in [-0.2, -0.15) is 0 Å². The molecular weight excluding hydrogens is 286 g/mol. The second-order valence-electron chi connectivity index (χ2n) is 5.66. The molecule has 2 aliphatic heterocycles. The minimum atomic E-state index is -0.826. The van der Waals surface area contributed by atoms with Crippen molar-refractivity contribution in [3.8, 4) is 0 Å². The molecule has 22 heavy (non-hydrogen) atoms. The van der Waals surface area contributed by atoms with Gasteiger partial charge in [-0.15, -0.1) is 0 Å². The second-order valence-corrected chi connectivity index (χ2v) is 5.66. The Morgan fingerprint density at radius 3 is 2.77 bits per heavy atom. The first kappa shape index (κ1) is 14.6. The number of carboxylic acids is 1. The second kappa shape index (κ2) is 5.78. The molecule has 2 aliphatic rings. The zero-order chi connectivity index (χ0) is 15.7. The number of carbonyl (C=O) groups is 2. The van der Waals surface area contributed by atoms with Crippen LogP contribution in [-0.2, 0) is 9.59 Å². The summed E-state index contributed by atoms with van der Waals surface area (Å²) >= 11 is 0. The quantitative estimate of drug-likeness (QED) is 0.827. The van der Waals surface area contributed by atoms with Gasteiger partial charge in [0.1, 0.15) is 24.0 Å². The van der Waals surface area contributed by atoms with Crippen molar-refractivity contribution < 1.29 is 14.7 Å². The van der Waals surface area contributed by atoms with E-state index < -0.39 is 12.0 Å². The van der Waals surface area contributed by atoms with Gasteiger partial charge in [0, 0.05) is 32.7 Å². The van der Waals surface area contributed by atoms with E-state index in [1.165, 1.54) is 6.33 Å². The summed E-state index contributed by atoms with van der Waals surface area (Å²) in [5, 5.41) is 9.28. The predicted molar refractivity (Wildman–Crippen MR) is 79.9 cm³/mol. The average Bonchev–Trinajstić information content (AvgIpc) is 3.00. The van der Waals surface area contributed by atoms with E-state index in [1.54, 1.807) is 22.9 Å². The van der Waals surface area contributed by atoms with Crippen LogP contribution in [0.4, 0.5) is 11.6 Å². The highest BCUT2D eigenvalue weighted by Gasteiger charge is 2.32. The molecule has 1 amide bonds. The van der Waals surface area contributed by atoms with E-state index in [9.17, 15) is 14.7 Å². The molecule has 1 N–H and O–H groups in total. The van der Waals surface area contributed by atoms with E-state index in [4.69, 9.17) is 0 Å². The number of likely N-dealkylation sites (N-methyl/N-ethyl adjacent to an activating group) is 1. The normalized spacial score (nSPS) is 22.3. The standard InChI is InChI=1S/C14H19N5O3/c1-17-5-6-18(8-13(17)20)11-7-12(16-9-15-11)19-4-2-3-10(19)14(21)22/h7,9-10H,2-6,8H2,1H3,(H,21,22)/t10-/m1/s1. The van der Waals surface area contributed by atoms with E-state index in [-0.39, 0.29) is 12.5 Å². The number of aromatic nitrogens is 2. The maximum Gasteiger partial charge on any atom is 0.326 e. The summed E-state index contributed by atoms with van der Waals surface area (Å²) in [5.74, 6) is 0.507. The van der Waals surface area contributed by atoms with Crippen molar-refractivity contribution in [1.82, 2.24) is 14.9 Å². The Labute approximate surface area is 128 Å². The molecule has 3 heterocycles. The topological polar surface area (TPSA) is 89.9 Å². The minimum absolute atomic E-state index is 0.0518. The lowest BCUT2D eigenvalue weighted by Crippen LogP contribution is -2.49. The molecular formula is C14H19N5O3. The Bertz CT molecular complexity index is 594. The molecule has 1 atom stereocenters. The van der Waals surface area contributed by atoms with E-state index >= 15 is 0 Å². The van der Waals surface area contributed by atoms with Crippen molar-refractivity contribution >= 4 is 23.5 Å². The summed E-state index contributed by atoms with van der Waals surface area (Å²) in [7, 11) is 1.78. The van der Waals surface area contributed by atoms with Crippen LogP contribution in [0.2, 0.25) is 0 Å².